The molecule has 0 atom stereocenters. The summed E-state index contributed by atoms with van der Waals surface area (Å²) in [5.41, 5.74) is 0. The summed E-state index contributed by atoms with van der Waals surface area (Å²) in [4.78, 5) is 9.25. The molecule has 0 unspecified atom stereocenters. The fourth-order valence-corrected chi connectivity index (χ4v) is 0.582. The van der Waals surface area contributed by atoms with Crippen LogP contribution >= 0.6 is 0 Å². The third-order valence-electron chi connectivity index (χ3n) is 1.01. The summed E-state index contributed by atoms with van der Waals surface area (Å²) in [6.07, 6.45) is 1.25. The number of hydrogen-bond acceptors (Lipinski definition) is 5. The molecule has 6 heteroatoms. The van der Waals surface area contributed by atoms with E-state index in [1.165, 1.54) is 18.4 Å². The van der Waals surface area contributed by atoms with Gasteiger partial charge in [0.15, 0.2) is 5.16 Å². The second kappa shape index (κ2) is 2.82. The van der Waals surface area contributed by atoms with Crippen LogP contribution in [0.15, 0.2) is 28.0 Å². The van der Waals surface area contributed by atoms with E-state index < -0.39 is 10.8 Å². The first-order chi connectivity index (χ1) is 5.25. The Morgan fingerprint density at radius 3 is 2.91 bits per heavy atom. The van der Waals surface area contributed by atoms with Gasteiger partial charge >= 0.3 is 5.84 Å². The molecule has 1 aromatic heterocycles. The first kappa shape index (κ1) is 7.26. The van der Waals surface area contributed by atoms with Gasteiger partial charge in [0.1, 0.15) is 0 Å². The summed E-state index contributed by atoms with van der Waals surface area (Å²) in [7, 11) is 0. The highest BCUT2D eigenvalue weighted by Gasteiger charge is 2.19. The maximum absolute atomic E-state index is 10.1. The first-order valence-electron chi connectivity index (χ1n) is 2.66. The van der Waals surface area contributed by atoms with Crippen LogP contribution in [-0.2, 0) is 0 Å². The van der Waals surface area contributed by atoms with Crippen molar-refractivity contribution in [1.29, 1.82) is 0 Å². The summed E-state index contributed by atoms with van der Waals surface area (Å²) in [6, 6.07) is 2.79. The van der Waals surface area contributed by atoms with Crippen molar-refractivity contribution in [3.05, 3.63) is 34.3 Å². The zero-order chi connectivity index (χ0) is 8.27. The smallest absolute Gasteiger partial charge is 0.452 e. The number of amidine groups is 1. The van der Waals surface area contributed by atoms with Crippen LogP contribution in [0.3, 0.4) is 0 Å². The number of furan rings is 1. The van der Waals surface area contributed by atoms with Gasteiger partial charge in [0.2, 0.25) is 5.76 Å². The van der Waals surface area contributed by atoms with Crippen LogP contribution in [0, 0.1) is 10.1 Å². The van der Waals surface area contributed by atoms with E-state index in [4.69, 9.17) is 5.21 Å². The Kier molecular flexibility index (Phi) is 1.86. The van der Waals surface area contributed by atoms with E-state index in [-0.39, 0.29) is 5.76 Å². The molecule has 0 saturated heterocycles. The molecule has 0 fully saturated rings. The van der Waals surface area contributed by atoms with Gasteiger partial charge in [-0.2, -0.15) is 0 Å². The zero-order valence-corrected chi connectivity index (χ0v) is 5.30. The molecule has 0 radical (unpaired) electrons. The van der Waals surface area contributed by atoms with Crippen molar-refractivity contribution in [1.82, 2.24) is 0 Å². The number of nitro groups is 1. The van der Waals surface area contributed by atoms with Crippen LogP contribution in [0.5, 0.6) is 0 Å². The summed E-state index contributed by atoms with van der Waals surface area (Å²) < 4.78 is 4.62. The highest BCUT2D eigenvalue weighted by atomic mass is 16.6. The molecule has 1 N–H and O–H groups in total. The summed E-state index contributed by atoms with van der Waals surface area (Å²) >= 11 is 0. The Hall–Kier alpha value is -1.85. The molecule has 1 aromatic rings. The standard InChI is InChI=1S/C5H4N2O4/c8-6-5(7(9)10)4-2-1-3-11-4/h1-3,8H. The second-order valence-corrected chi connectivity index (χ2v) is 1.66. The molecule has 0 aliphatic rings. The van der Waals surface area contributed by atoms with E-state index >= 15 is 0 Å². The van der Waals surface area contributed by atoms with Gasteiger partial charge in [-0.25, -0.2) is 0 Å². The van der Waals surface area contributed by atoms with Gasteiger partial charge in [0.25, 0.3) is 0 Å². The largest absolute Gasteiger partial charge is 0.456 e. The Bertz CT molecular complexity index is 277. The lowest BCUT2D eigenvalue weighted by Crippen LogP contribution is -2.11. The van der Waals surface area contributed by atoms with Gasteiger partial charge in [0, 0.05) is 0 Å². The Labute approximate surface area is 60.9 Å². The molecule has 0 saturated carbocycles. The average Bonchev–Trinajstić information content (AvgIpc) is 2.40. The fourth-order valence-electron chi connectivity index (χ4n) is 0.582. The van der Waals surface area contributed by atoms with E-state index in [0.717, 1.165) is 0 Å². The van der Waals surface area contributed by atoms with Gasteiger partial charge in [-0.05, 0) is 17.1 Å². The number of oxime groups is 1. The van der Waals surface area contributed by atoms with Crippen molar-refractivity contribution in [3.63, 3.8) is 0 Å². The maximum atomic E-state index is 10.1. The number of rotatable bonds is 1. The third-order valence-corrected chi connectivity index (χ3v) is 1.01. The molecule has 0 bridgehead atoms. The maximum Gasteiger partial charge on any atom is 0.452 e. The molecule has 1 rings (SSSR count). The van der Waals surface area contributed by atoms with Gasteiger partial charge < -0.3 is 19.7 Å². The fraction of sp³-hybridized carbons (Fsp3) is 0. The predicted octanol–water partition coefficient (Wildman–Crippen LogP) is 0.692. The number of nitrogens with zero attached hydrogens (tertiary/aromatic N) is 2. The molecule has 6 nitrogen and oxygen atoms in total. The quantitative estimate of drug-likeness (QED) is 0.213. The Morgan fingerprint density at radius 2 is 2.55 bits per heavy atom. The lowest BCUT2D eigenvalue weighted by molar-refractivity contribution is -0.352. The van der Waals surface area contributed by atoms with Crippen LogP contribution in [0.1, 0.15) is 5.76 Å². The molecule has 0 aromatic carbocycles. The number of hydrogen-bond donors (Lipinski definition) is 1. The van der Waals surface area contributed by atoms with Crippen LogP contribution in [0.4, 0.5) is 0 Å². The normalized spacial score (nSPS) is 11.5. The predicted molar refractivity (Wildman–Crippen MR) is 34.0 cm³/mol. The lowest BCUT2D eigenvalue weighted by Gasteiger charge is -1.89. The van der Waals surface area contributed by atoms with Crippen molar-refractivity contribution in [2.24, 2.45) is 5.16 Å². The minimum Gasteiger partial charge on any atom is -0.456 e. The molecule has 0 amide bonds. The van der Waals surface area contributed by atoms with Gasteiger partial charge in [0.05, 0.1) is 6.26 Å². The Morgan fingerprint density at radius 1 is 1.82 bits per heavy atom. The van der Waals surface area contributed by atoms with Crippen molar-refractivity contribution in [2.75, 3.05) is 0 Å². The summed E-state index contributed by atoms with van der Waals surface area (Å²) in [5.74, 6) is -0.771. The molecule has 0 aliphatic carbocycles. The molecular weight excluding hydrogens is 152 g/mol. The van der Waals surface area contributed by atoms with Crippen molar-refractivity contribution in [3.8, 4) is 0 Å². The summed E-state index contributed by atoms with van der Waals surface area (Å²) in [5, 5.41) is 20.7. The SMILES string of the molecule is O=[N+]([O-])C(=NO)c1ccco1. The molecule has 58 valence electrons. The van der Waals surface area contributed by atoms with E-state index in [1.807, 2.05) is 0 Å². The van der Waals surface area contributed by atoms with E-state index in [1.54, 1.807) is 0 Å². The van der Waals surface area contributed by atoms with E-state index in [2.05, 4.69) is 9.57 Å². The molecule has 0 aliphatic heterocycles. The molecule has 11 heavy (non-hydrogen) atoms. The van der Waals surface area contributed by atoms with Crippen LogP contribution < -0.4 is 0 Å². The van der Waals surface area contributed by atoms with Gasteiger partial charge in [-0.3, -0.25) is 0 Å². The lowest BCUT2D eigenvalue weighted by atomic mass is 10.4. The van der Waals surface area contributed by atoms with Crippen molar-refractivity contribution >= 4 is 5.84 Å². The van der Waals surface area contributed by atoms with Crippen LogP contribution in [-0.4, -0.2) is 16.0 Å². The molecule has 1 heterocycles. The average molecular weight is 156 g/mol. The monoisotopic (exact) mass is 156 g/mol. The highest BCUT2D eigenvalue weighted by molar-refractivity contribution is 5.88. The zero-order valence-electron chi connectivity index (χ0n) is 5.30. The van der Waals surface area contributed by atoms with Gasteiger partial charge in [-0.1, -0.05) is 0 Å². The van der Waals surface area contributed by atoms with E-state index in [9.17, 15) is 10.1 Å². The van der Waals surface area contributed by atoms with Crippen molar-refractivity contribution in [2.45, 2.75) is 0 Å². The first-order valence-corrected chi connectivity index (χ1v) is 2.66. The third kappa shape index (κ3) is 1.34. The minimum atomic E-state index is -0.834. The minimum absolute atomic E-state index is 0.0718. The van der Waals surface area contributed by atoms with Gasteiger partial charge in [-0.15, -0.1) is 0 Å². The summed E-state index contributed by atoms with van der Waals surface area (Å²) in [6.45, 7) is 0. The second-order valence-electron chi connectivity index (χ2n) is 1.66. The molecular formula is C5H4N2O4. The van der Waals surface area contributed by atoms with Crippen LogP contribution in [0.2, 0.25) is 0 Å². The van der Waals surface area contributed by atoms with Crippen molar-refractivity contribution < 1.29 is 14.5 Å². The van der Waals surface area contributed by atoms with E-state index in [0.29, 0.717) is 0 Å². The van der Waals surface area contributed by atoms with Crippen LogP contribution in [0.25, 0.3) is 0 Å². The molecule has 0 spiro atoms. The Balaban J connectivity index is 2.99. The highest BCUT2D eigenvalue weighted by Crippen LogP contribution is 2.01. The topological polar surface area (TPSA) is 88.9 Å².